The number of piperidine rings is 1. The molecule has 0 saturated carbocycles. The third kappa shape index (κ3) is 4.00. The molecule has 0 aliphatic carbocycles. The highest BCUT2D eigenvalue weighted by molar-refractivity contribution is 5.97. The average Bonchev–Trinajstić information content (AvgIpc) is 2.79. The molecular weight excluding hydrogens is 322 g/mol. The molecule has 1 aliphatic rings. The van der Waals surface area contributed by atoms with Crippen LogP contribution in [-0.2, 0) is 7.05 Å². The van der Waals surface area contributed by atoms with E-state index >= 15 is 0 Å². The van der Waals surface area contributed by atoms with E-state index in [1.807, 2.05) is 6.92 Å². The number of rotatable bonds is 5. The quantitative estimate of drug-likeness (QED) is 0.647. The normalized spacial score (nSPS) is 15.1. The molecule has 1 aromatic heterocycles. The Bertz CT molecular complexity index is 569. The molecule has 23 heavy (non-hydrogen) atoms. The molecule has 0 atom stereocenters. The van der Waals surface area contributed by atoms with Gasteiger partial charge in [0, 0.05) is 19.6 Å². The molecule has 1 N–H and O–H groups in total. The third-order valence-electron chi connectivity index (χ3n) is 4.05. The summed E-state index contributed by atoms with van der Waals surface area (Å²) in [6, 6.07) is 0.128. The highest BCUT2D eigenvalue weighted by Crippen LogP contribution is 2.25. The highest BCUT2D eigenvalue weighted by atomic mass is 35.5. The molecular formula is C14H24ClN5O3. The van der Waals surface area contributed by atoms with Crippen LogP contribution in [0.25, 0.3) is 0 Å². The number of halogens is 1. The second kappa shape index (κ2) is 8.26. The highest BCUT2D eigenvalue weighted by Gasteiger charge is 2.34. The lowest BCUT2D eigenvalue weighted by Crippen LogP contribution is -2.47. The molecule has 0 unspecified atom stereocenters. The number of nitrogens with one attached hydrogen (secondary N) is 1. The molecule has 0 aromatic carbocycles. The van der Waals surface area contributed by atoms with Gasteiger partial charge in [0.2, 0.25) is 5.69 Å². The summed E-state index contributed by atoms with van der Waals surface area (Å²) >= 11 is 0. The number of nitro groups is 1. The van der Waals surface area contributed by atoms with E-state index in [-0.39, 0.29) is 41.4 Å². The first-order chi connectivity index (χ1) is 10.5. The molecule has 0 bridgehead atoms. The van der Waals surface area contributed by atoms with Gasteiger partial charge < -0.3 is 10.2 Å². The predicted molar refractivity (Wildman–Crippen MR) is 89.1 cm³/mol. The van der Waals surface area contributed by atoms with E-state index in [4.69, 9.17) is 0 Å². The van der Waals surface area contributed by atoms with E-state index in [0.29, 0.717) is 6.54 Å². The van der Waals surface area contributed by atoms with Crippen LogP contribution in [0.15, 0.2) is 0 Å². The van der Waals surface area contributed by atoms with Crippen molar-refractivity contribution in [1.29, 1.82) is 0 Å². The van der Waals surface area contributed by atoms with Gasteiger partial charge in [0.05, 0.1) is 4.92 Å². The fourth-order valence-electron chi connectivity index (χ4n) is 3.05. The number of hydrogen-bond acceptors (Lipinski definition) is 5. The Hall–Kier alpha value is -1.67. The molecule has 2 rings (SSSR count). The van der Waals surface area contributed by atoms with Crippen molar-refractivity contribution in [3.8, 4) is 0 Å². The number of hydrogen-bond donors (Lipinski definition) is 1. The van der Waals surface area contributed by atoms with Crippen LogP contribution in [0.2, 0.25) is 0 Å². The van der Waals surface area contributed by atoms with Crippen molar-refractivity contribution in [2.45, 2.75) is 39.2 Å². The maximum atomic E-state index is 12.9. The van der Waals surface area contributed by atoms with Crippen LogP contribution < -0.4 is 5.32 Å². The van der Waals surface area contributed by atoms with Crippen molar-refractivity contribution < 1.29 is 9.72 Å². The summed E-state index contributed by atoms with van der Waals surface area (Å²) in [5.74, 6) is -0.288. The van der Waals surface area contributed by atoms with Gasteiger partial charge in [-0.15, -0.1) is 12.4 Å². The lowest BCUT2D eigenvalue weighted by molar-refractivity contribution is -0.385. The Morgan fingerprint density at radius 2 is 2.09 bits per heavy atom. The van der Waals surface area contributed by atoms with Crippen molar-refractivity contribution in [3.63, 3.8) is 0 Å². The Morgan fingerprint density at radius 1 is 1.48 bits per heavy atom. The first-order valence-corrected chi connectivity index (χ1v) is 7.67. The van der Waals surface area contributed by atoms with E-state index in [9.17, 15) is 14.9 Å². The molecule has 1 aliphatic heterocycles. The zero-order chi connectivity index (χ0) is 16.3. The third-order valence-corrected chi connectivity index (χ3v) is 4.05. The first-order valence-electron chi connectivity index (χ1n) is 7.67. The zero-order valence-electron chi connectivity index (χ0n) is 13.7. The summed E-state index contributed by atoms with van der Waals surface area (Å²) in [7, 11) is 1.58. The minimum Gasteiger partial charge on any atom is -0.334 e. The van der Waals surface area contributed by atoms with Crippen molar-refractivity contribution in [2.75, 3.05) is 19.6 Å². The summed E-state index contributed by atoms with van der Waals surface area (Å²) in [6.07, 6.45) is 2.56. The Morgan fingerprint density at radius 3 is 2.61 bits per heavy atom. The van der Waals surface area contributed by atoms with Crippen LogP contribution in [0.3, 0.4) is 0 Å². The van der Waals surface area contributed by atoms with Gasteiger partial charge in [-0.3, -0.25) is 19.6 Å². The topological polar surface area (TPSA) is 93.3 Å². The summed E-state index contributed by atoms with van der Waals surface area (Å²) in [4.78, 5) is 25.5. The minimum atomic E-state index is -0.512. The number of nitrogens with zero attached hydrogens (tertiary/aromatic N) is 4. The van der Waals surface area contributed by atoms with Gasteiger partial charge >= 0.3 is 5.69 Å². The SMILES string of the molecule is CCCN(C(=O)c1c([N+](=O)[O-])c(C)nn1C)C1CCNCC1.Cl. The van der Waals surface area contributed by atoms with E-state index < -0.39 is 4.92 Å². The molecule has 0 radical (unpaired) electrons. The Labute approximate surface area is 141 Å². The van der Waals surface area contributed by atoms with Crippen LogP contribution in [0, 0.1) is 17.0 Å². The van der Waals surface area contributed by atoms with E-state index in [1.54, 1.807) is 18.9 Å². The van der Waals surface area contributed by atoms with E-state index in [0.717, 1.165) is 32.4 Å². The fourth-order valence-corrected chi connectivity index (χ4v) is 3.05. The summed E-state index contributed by atoms with van der Waals surface area (Å²) in [5, 5.41) is 18.6. The number of carbonyl (C=O) groups is 1. The Kier molecular flexibility index (Phi) is 6.96. The van der Waals surface area contributed by atoms with Gasteiger partial charge in [0.15, 0.2) is 0 Å². The zero-order valence-corrected chi connectivity index (χ0v) is 14.6. The molecule has 8 nitrogen and oxygen atoms in total. The maximum Gasteiger partial charge on any atom is 0.322 e. The standard InChI is InChI=1S/C14H23N5O3.ClH/c1-4-9-18(11-5-7-15-8-6-11)14(20)13-12(19(21)22)10(2)16-17(13)3;/h11,15H,4-9H2,1-3H3;1H. The summed E-state index contributed by atoms with van der Waals surface area (Å²) in [6.45, 7) is 5.90. The molecule has 130 valence electrons. The molecule has 1 saturated heterocycles. The number of aromatic nitrogens is 2. The Balaban J connectivity index is 0.00000264. The lowest BCUT2D eigenvalue weighted by Gasteiger charge is -2.34. The predicted octanol–water partition coefficient (Wildman–Crippen LogP) is 1.66. The van der Waals surface area contributed by atoms with Crippen molar-refractivity contribution in [3.05, 3.63) is 21.5 Å². The van der Waals surface area contributed by atoms with E-state index in [1.165, 1.54) is 4.68 Å². The van der Waals surface area contributed by atoms with Crippen LogP contribution >= 0.6 is 12.4 Å². The smallest absolute Gasteiger partial charge is 0.322 e. The van der Waals surface area contributed by atoms with Crippen LogP contribution in [0.1, 0.15) is 42.4 Å². The van der Waals surface area contributed by atoms with Gasteiger partial charge in [-0.05, 0) is 39.3 Å². The van der Waals surface area contributed by atoms with Gasteiger partial charge in [0.1, 0.15) is 5.69 Å². The van der Waals surface area contributed by atoms with Gasteiger partial charge in [0.25, 0.3) is 5.91 Å². The molecule has 1 amide bonds. The number of carbonyl (C=O) groups excluding carboxylic acids is 1. The van der Waals surface area contributed by atoms with Crippen LogP contribution in [0.4, 0.5) is 5.69 Å². The first kappa shape index (κ1) is 19.4. The summed E-state index contributed by atoms with van der Waals surface area (Å²) in [5.41, 5.74) is 0.176. The molecule has 0 spiro atoms. The largest absolute Gasteiger partial charge is 0.334 e. The van der Waals surface area contributed by atoms with Gasteiger partial charge in [-0.2, -0.15) is 5.10 Å². The average molecular weight is 346 g/mol. The minimum absolute atomic E-state index is 0. The van der Waals surface area contributed by atoms with Crippen LogP contribution in [-0.4, -0.2) is 51.2 Å². The number of amides is 1. The number of aryl methyl sites for hydroxylation is 2. The van der Waals surface area contributed by atoms with Crippen molar-refractivity contribution >= 4 is 24.0 Å². The fraction of sp³-hybridized carbons (Fsp3) is 0.714. The molecule has 2 heterocycles. The van der Waals surface area contributed by atoms with Gasteiger partial charge in [-0.25, -0.2) is 0 Å². The monoisotopic (exact) mass is 345 g/mol. The second-order valence-corrected chi connectivity index (χ2v) is 5.64. The second-order valence-electron chi connectivity index (χ2n) is 5.64. The van der Waals surface area contributed by atoms with Gasteiger partial charge in [-0.1, -0.05) is 6.92 Å². The van der Waals surface area contributed by atoms with E-state index in [2.05, 4.69) is 10.4 Å². The lowest BCUT2D eigenvalue weighted by atomic mass is 10.0. The maximum absolute atomic E-state index is 12.9. The molecule has 9 heteroatoms. The van der Waals surface area contributed by atoms with Crippen molar-refractivity contribution in [1.82, 2.24) is 20.0 Å². The van der Waals surface area contributed by atoms with Crippen LogP contribution in [0.5, 0.6) is 0 Å². The molecule has 1 aromatic rings. The van der Waals surface area contributed by atoms with Crippen molar-refractivity contribution in [2.24, 2.45) is 7.05 Å². The summed E-state index contributed by atoms with van der Waals surface area (Å²) < 4.78 is 1.33. The molecule has 1 fully saturated rings.